The van der Waals surface area contributed by atoms with Gasteiger partial charge in [0.05, 0.1) is 21.4 Å². The van der Waals surface area contributed by atoms with Crippen LogP contribution in [0.25, 0.3) is 0 Å². The van der Waals surface area contributed by atoms with Crippen LogP contribution in [0.4, 0.5) is 5.69 Å². The predicted octanol–water partition coefficient (Wildman–Crippen LogP) is 2.73. The van der Waals surface area contributed by atoms with Crippen LogP contribution in [0.5, 0.6) is 0 Å². The van der Waals surface area contributed by atoms with Gasteiger partial charge in [0.25, 0.3) is 0 Å². The molecule has 0 saturated carbocycles. The van der Waals surface area contributed by atoms with Crippen molar-refractivity contribution in [3.8, 4) is 0 Å². The van der Waals surface area contributed by atoms with Crippen LogP contribution < -0.4 is 5.73 Å². The molecular weight excluding hydrogens is 206 g/mol. The van der Waals surface area contributed by atoms with Crippen molar-refractivity contribution in [2.45, 2.75) is 32.1 Å². The van der Waals surface area contributed by atoms with Crippen LogP contribution in [0.15, 0.2) is 23.1 Å². The van der Waals surface area contributed by atoms with Crippen molar-refractivity contribution in [3.63, 3.8) is 0 Å². The Morgan fingerprint density at radius 2 is 2.07 bits per heavy atom. The number of benzene rings is 1. The number of hydrogen-bond donors (Lipinski definition) is 1. The second kappa shape index (κ2) is 5.31. The van der Waals surface area contributed by atoms with Crippen molar-refractivity contribution < 1.29 is 4.21 Å². The lowest BCUT2D eigenvalue weighted by Crippen LogP contribution is -2.05. The summed E-state index contributed by atoms with van der Waals surface area (Å²) in [6.07, 6.45) is 0.972. The minimum atomic E-state index is -0.951. The van der Waals surface area contributed by atoms with Crippen molar-refractivity contribution in [1.82, 2.24) is 0 Å². The standard InChI is InChI=1S/C12H19NOS/c1-9(2)7-8-15(14)11-6-4-5-10(3)12(11)13/h4-6,9H,7-8,13H2,1-3H3. The normalized spacial score (nSPS) is 13.1. The van der Waals surface area contributed by atoms with Crippen LogP contribution in [0.2, 0.25) is 0 Å². The van der Waals surface area contributed by atoms with Crippen LogP contribution in [0, 0.1) is 12.8 Å². The monoisotopic (exact) mass is 225 g/mol. The highest BCUT2D eigenvalue weighted by Crippen LogP contribution is 2.21. The molecule has 0 heterocycles. The van der Waals surface area contributed by atoms with Crippen LogP contribution in [-0.4, -0.2) is 9.96 Å². The van der Waals surface area contributed by atoms with Gasteiger partial charge in [-0.25, -0.2) is 0 Å². The van der Waals surface area contributed by atoms with Gasteiger partial charge in [-0.05, 0) is 30.9 Å². The molecule has 84 valence electrons. The van der Waals surface area contributed by atoms with E-state index in [0.717, 1.165) is 16.9 Å². The van der Waals surface area contributed by atoms with Gasteiger partial charge in [0.15, 0.2) is 0 Å². The first-order valence-corrected chi connectivity index (χ1v) is 6.57. The Morgan fingerprint density at radius 3 is 2.67 bits per heavy atom. The summed E-state index contributed by atoms with van der Waals surface area (Å²) in [6.45, 7) is 6.21. The topological polar surface area (TPSA) is 43.1 Å². The second-order valence-corrected chi connectivity index (χ2v) is 5.76. The van der Waals surface area contributed by atoms with Crippen molar-refractivity contribution >= 4 is 16.5 Å². The van der Waals surface area contributed by atoms with E-state index in [2.05, 4.69) is 13.8 Å². The summed E-state index contributed by atoms with van der Waals surface area (Å²) < 4.78 is 12.0. The summed E-state index contributed by atoms with van der Waals surface area (Å²) in [5, 5.41) is 0. The maximum atomic E-state index is 12.0. The summed E-state index contributed by atoms with van der Waals surface area (Å²) in [6, 6.07) is 5.71. The van der Waals surface area contributed by atoms with E-state index in [9.17, 15) is 4.21 Å². The highest BCUT2D eigenvalue weighted by Gasteiger charge is 2.09. The molecule has 15 heavy (non-hydrogen) atoms. The maximum absolute atomic E-state index is 12.0. The van der Waals surface area contributed by atoms with Crippen molar-refractivity contribution in [3.05, 3.63) is 23.8 Å². The zero-order chi connectivity index (χ0) is 11.4. The molecule has 2 nitrogen and oxygen atoms in total. The van der Waals surface area contributed by atoms with Gasteiger partial charge in [0.1, 0.15) is 0 Å². The first kappa shape index (κ1) is 12.2. The van der Waals surface area contributed by atoms with Crippen LogP contribution >= 0.6 is 0 Å². The number of hydrogen-bond acceptors (Lipinski definition) is 2. The first-order chi connectivity index (χ1) is 7.02. The van der Waals surface area contributed by atoms with E-state index in [4.69, 9.17) is 5.73 Å². The lowest BCUT2D eigenvalue weighted by Gasteiger charge is -2.09. The van der Waals surface area contributed by atoms with Crippen LogP contribution in [0.3, 0.4) is 0 Å². The molecule has 1 rings (SSSR count). The Balaban J connectivity index is 2.78. The number of nitrogen functional groups attached to an aromatic ring is 1. The Morgan fingerprint density at radius 1 is 1.40 bits per heavy atom. The van der Waals surface area contributed by atoms with Crippen LogP contribution in [-0.2, 0) is 10.8 Å². The highest BCUT2D eigenvalue weighted by atomic mass is 32.2. The van der Waals surface area contributed by atoms with E-state index in [1.54, 1.807) is 0 Å². The third-order valence-corrected chi connectivity index (χ3v) is 3.86. The number of para-hydroxylation sites is 1. The molecule has 3 heteroatoms. The lowest BCUT2D eigenvalue weighted by molar-refractivity contribution is 0.619. The lowest BCUT2D eigenvalue weighted by atomic mass is 10.2. The molecule has 0 fully saturated rings. The van der Waals surface area contributed by atoms with Crippen LogP contribution in [0.1, 0.15) is 25.8 Å². The molecule has 0 radical (unpaired) electrons. The molecule has 1 aromatic rings. The molecule has 0 saturated heterocycles. The predicted molar refractivity (Wildman–Crippen MR) is 66.3 cm³/mol. The Bertz CT molecular complexity index is 361. The molecule has 0 spiro atoms. The van der Waals surface area contributed by atoms with E-state index in [-0.39, 0.29) is 0 Å². The third-order valence-electron chi connectivity index (χ3n) is 2.41. The fraction of sp³-hybridized carbons (Fsp3) is 0.500. The SMILES string of the molecule is Cc1cccc(S(=O)CCC(C)C)c1N. The highest BCUT2D eigenvalue weighted by molar-refractivity contribution is 7.85. The van der Waals surface area contributed by atoms with Gasteiger partial charge >= 0.3 is 0 Å². The summed E-state index contributed by atoms with van der Waals surface area (Å²) in [5.41, 5.74) is 7.58. The molecule has 1 aromatic carbocycles. The number of rotatable bonds is 4. The van der Waals surface area contributed by atoms with Crippen molar-refractivity contribution in [2.75, 3.05) is 11.5 Å². The molecule has 0 aliphatic carbocycles. The van der Waals surface area contributed by atoms with Crippen molar-refractivity contribution in [2.24, 2.45) is 5.92 Å². The Labute approximate surface area is 94.3 Å². The van der Waals surface area contributed by atoms with E-state index < -0.39 is 10.8 Å². The third kappa shape index (κ3) is 3.34. The van der Waals surface area contributed by atoms with Gasteiger partial charge < -0.3 is 5.73 Å². The Kier molecular flexibility index (Phi) is 4.33. The smallest absolute Gasteiger partial charge is 0.0620 e. The van der Waals surface area contributed by atoms with Gasteiger partial charge in [-0.15, -0.1) is 0 Å². The van der Waals surface area contributed by atoms with Gasteiger partial charge in [-0.3, -0.25) is 4.21 Å². The summed E-state index contributed by atoms with van der Waals surface area (Å²) in [5.74, 6) is 1.28. The first-order valence-electron chi connectivity index (χ1n) is 5.26. The largest absolute Gasteiger partial charge is 0.398 e. The van der Waals surface area contributed by atoms with E-state index in [1.807, 2.05) is 25.1 Å². The number of anilines is 1. The zero-order valence-electron chi connectivity index (χ0n) is 9.62. The molecular formula is C12H19NOS. The van der Waals surface area contributed by atoms with Gasteiger partial charge in [0.2, 0.25) is 0 Å². The fourth-order valence-corrected chi connectivity index (χ4v) is 2.85. The van der Waals surface area contributed by atoms with E-state index >= 15 is 0 Å². The second-order valence-electron chi connectivity index (χ2n) is 4.22. The zero-order valence-corrected chi connectivity index (χ0v) is 10.4. The summed E-state index contributed by atoms with van der Waals surface area (Å²) in [4.78, 5) is 0.788. The molecule has 0 aromatic heterocycles. The summed E-state index contributed by atoms with van der Waals surface area (Å²) in [7, 11) is -0.951. The average molecular weight is 225 g/mol. The van der Waals surface area contributed by atoms with Gasteiger partial charge in [-0.1, -0.05) is 26.0 Å². The molecule has 1 unspecified atom stereocenters. The van der Waals surface area contributed by atoms with E-state index in [0.29, 0.717) is 17.4 Å². The van der Waals surface area contributed by atoms with Crippen molar-refractivity contribution in [1.29, 1.82) is 0 Å². The molecule has 0 aliphatic rings. The number of aryl methyl sites for hydroxylation is 1. The molecule has 1 atom stereocenters. The van der Waals surface area contributed by atoms with Gasteiger partial charge in [0, 0.05) is 5.75 Å². The molecule has 0 amide bonds. The average Bonchev–Trinajstić information content (AvgIpc) is 2.18. The minimum Gasteiger partial charge on any atom is -0.398 e. The fourth-order valence-electron chi connectivity index (χ4n) is 1.30. The summed E-state index contributed by atoms with van der Waals surface area (Å²) >= 11 is 0. The van der Waals surface area contributed by atoms with E-state index in [1.165, 1.54) is 0 Å². The number of nitrogens with two attached hydrogens (primary N) is 1. The molecule has 0 aliphatic heterocycles. The minimum absolute atomic E-state index is 0.583. The maximum Gasteiger partial charge on any atom is 0.0620 e. The molecule has 2 N–H and O–H groups in total. The Hall–Kier alpha value is -0.830. The quantitative estimate of drug-likeness (QED) is 0.801. The molecule has 0 bridgehead atoms. The van der Waals surface area contributed by atoms with Gasteiger partial charge in [-0.2, -0.15) is 0 Å².